The van der Waals surface area contributed by atoms with E-state index in [2.05, 4.69) is 64.8 Å². The van der Waals surface area contributed by atoms with Crippen LogP contribution in [0.4, 0.5) is 0 Å². The van der Waals surface area contributed by atoms with Crippen molar-refractivity contribution in [2.24, 2.45) is 4.99 Å². The topological polar surface area (TPSA) is 49.3 Å². The Morgan fingerprint density at radius 3 is 2.48 bits per heavy atom. The summed E-state index contributed by atoms with van der Waals surface area (Å²) < 4.78 is 0. The minimum Gasteiger partial charge on any atom is -0.356 e. The Kier molecular flexibility index (Phi) is 7.25. The van der Waals surface area contributed by atoms with Gasteiger partial charge < -0.3 is 10.6 Å². The van der Waals surface area contributed by atoms with Gasteiger partial charge in [-0.3, -0.25) is 4.99 Å². The first-order valence-corrected chi connectivity index (χ1v) is 9.37. The van der Waals surface area contributed by atoms with Crippen molar-refractivity contribution in [2.75, 3.05) is 20.1 Å². The maximum atomic E-state index is 4.59. The number of benzene rings is 1. The number of halogens is 1. The standard InChI is InChI=1S/C19H26N4S.HI/c1-14-15(2)24-17(23-14)9-12-21-18(20-3)22-13-19(10-11-19)16-7-5-4-6-8-16;/h4-8H,9-13H2,1-3H3,(H2,20,21,22);1H. The Morgan fingerprint density at radius 2 is 1.92 bits per heavy atom. The second-order valence-corrected chi connectivity index (χ2v) is 7.79. The summed E-state index contributed by atoms with van der Waals surface area (Å²) in [6.07, 6.45) is 3.43. The molecule has 25 heavy (non-hydrogen) atoms. The van der Waals surface area contributed by atoms with Gasteiger partial charge >= 0.3 is 0 Å². The van der Waals surface area contributed by atoms with Gasteiger partial charge in [-0.05, 0) is 32.3 Å². The van der Waals surface area contributed by atoms with Gasteiger partial charge in [0.1, 0.15) is 0 Å². The monoisotopic (exact) mass is 470 g/mol. The summed E-state index contributed by atoms with van der Waals surface area (Å²) in [5, 5.41) is 8.09. The predicted octanol–water partition coefficient (Wildman–Crippen LogP) is 3.82. The summed E-state index contributed by atoms with van der Waals surface area (Å²) in [4.78, 5) is 10.2. The largest absolute Gasteiger partial charge is 0.356 e. The lowest BCUT2D eigenvalue weighted by Crippen LogP contribution is -2.41. The summed E-state index contributed by atoms with van der Waals surface area (Å²) in [5.74, 6) is 0.877. The normalized spacial score (nSPS) is 15.4. The minimum atomic E-state index is 0. The Balaban J connectivity index is 0.00000225. The summed E-state index contributed by atoms with van der Waals surface area (Å²) in [6, 6.07) is 10.8. The Labute approximate surface area is 171 Å². The van der Waals surface area contributed by atoms with Gasteiger partial charge in [-0.2, -0.15) is 0 Å². The Morgan fingerprint density at radius 1 is 1.20 bits per heavy atom. The van der Waals surface area contributed by atoms with Crippen LogP contribution >= 0.6 is 35.3 Å². The van der Waals surface area contributed by atoms with E-state index in [0.29, 0.717) is 5.41 Å². The van der Waals surface area contributed by atoms with Crippen molar-refractivity contribution in [1.29, 1.82) is 0 Å². The van der Waals surface area contributed by atoms with E-state index in [0.717, 1.165) is 31.2 Å². The second-order valence-electron chi connectivity index (χ2n) is 6.50. The molecule has 1 saturated carbocycles. The Hall–Kier alpha value is -1.15. The number of hydrogen-bond acceptors (Lipinski definition) is 3. The van der Waals surface area contributed by atoms with Gasteiger partial charge in [0, 0.05) is 36.9 Å². The zero-order valence-electron chi connectivity index (χ0n) is 15.1. The third kappa shape index (κ3) is 5.17. The van der Waals surface area contributed by atoms with Crippen LogP contribution < -0.4 is 10.6 Å². The highest BCUT2D eigenvalue weighted by molar-refractivity contribution is 14.0. The highest BCUT2D eigenvalue weighted by atomic mass is 127. The third-order valence-electron chi connectivity index (χ3n) is 4.76. The molecule has 6 heteroatoms. The molecule has 4 nitrogen and oxygen atoms in total. The number of aromatic nitrogens is 1. The highest BCUT2D eigenvalue weighted by Crippen LogP contribution is 2.47. The molecule has 0 bridgehead atoms. The van der Waals surface area contributed by atoms with Crippen LogP contribution in [0.1, 0.15) is 34.0 Å². The molecule has 3 rings (SSSR count). The molecule has 1 aliphatic rings. The molecule has 1 aliphatic carbocycles. The summed E-state index contributed by atoms with van der Waals surface area (Å²) in [5.41, 5.74) is 2.88. The molecule has 1 fully saturated rings. The lowest BCUT2D eigenvalue weighted by molar-refractivity contribution is 0.645. The first-order valence-electron chi connectivity index (χ1n) is 8.56. The van der Waals surface area contributed by atoms with E-state index >= 15 is 0 Å². The van der Waals surface area contributed by atoms with Crippen molar-refractivity contribution in [1.82, 2.24) is 15.6 Å². The fourth-order valence-corrected chi connectivity index (χ4v) is 3.85. The molecule has 0 aliphatic heterocycles. The van der Waals surface area contributed by atoms with Crippen molar-refractivity contribution in [3.8, 4) is 0 Å². The van der Waals surface area contributed by atoms with E-state index in [9.17, 15) is 0 Å². The second kappa shape index (κ2) is 8.98. The average molecular weight is 470 g/mol. The molecule has 0 radical (unpaired) electrons. The highest BCUT2D eigenvalue weighted by Gasteiger charge is 2.43. The van der Waals surface area contributed by atoms with Gasteiger partial charge in [-0.15, -0.1) is 35.3 Å². The molecule has 0 atom stereocenters. The summed E-state index contributed by atoms with van der Waals surface area (Å²) in [6.45, 7) is 5.99. The van der Waals surface area contributed by atoms with Gasteiger partial charge in [-0.1, -0.05) is 30.3 Å². The van der Waals surface area contributed by atoms with Gasteiger partial charge in [-0.25, -0.2) is 4.98 Å². The predicted molar refractivity (Wildman–Crippen MR) is 117 cm³/mol. The smallest absolute Gasteiger partial charge is 0.191 e. The van der Waals surface area contributed by atoms with E-state index in [-0.39, 0.29) is 24.0 Å². The fourth-order valence-electron chi connectivity index (χ4n) is 2.92. The van der Waals surface area contributed by atoms with Crippen LogP contribution in [0.5, 0.6) is 0 Å². The van der Waals surface area contributed by atoms with Crippen molar-refractivity contribution >= 4 is 41.3 Å². The zero-order chi connectivity index (χ0) is 17.0. The third-order valence-corrected chi connectivity index (χ3v) is 5.89. The molecule has 0 unspecified atom stereocenters. The van der Waals surface area contributed by atoms with Gasteiger partial charge in [0.2, 0.25) is 0 Å². The van der Waals surface area contributed by atoms with Crippen molar-refractivity contribution < 1.29 is 0 Å². The van der Waals surface area contributed by atoms with Crippen molar-refractivity contribution in [3.63, 3.8) is 0 Å². The first kappa shape index (κ1) is 20.2. The molecule has 1 aromatic carbocycles. The molecule has 0 saturated heterocycles. The molecule has 2 aromatic rings. The number of rotatable bonds is 6. The van der Waals surface area contributed by atoms with Crippen LogP contribution in [0.25, 0.3) is 0 Å². The van der Waals surface area contributed by atoms with Gasteiger partial charge in [0.05, 0.1) is 10.7 Å². The van der Waals surface area contributed by atoms with E-state index in [1.807, 2.05) is 7.05 Å². The number of aryl methyl sites for hydroxylation is 2. The fraction of sp³-hybridized carbons (Fsp3) is 0.474. The van der Waals surface area contributed by atoms with Crippen LogP contribution in [0, 0.1) is 13.8 Å². The molecule has 2 N–H and O–H groups in total. The average Bonchev–Trinajstić information content (AvgIpc) is 3.32. The van der Waals surface area contributed by atoms with Crippen LogP contribution in [0.2, 0.25) is 0 Å². The molecule has 136 valence electrons. The van der Waals surface area contributed by atoms with Crippen LogP contribution in [0.15, 0.2) is 35.3 Å². The van der Waals surface area contributed by atoms with Crippen LogP contribution in [-0.2, 0) is 11.8 Å². The SMILES string of the molecule is CN=C(NCCc1nc(C)c(C)s1)NCC1(c2ccccc2)CC1.I. The number of hydrogen-bond donors (Lipinski definition) is 2. The van der Waals surface area contributed by atoms with Gasteiger partial charge in [0.25, 0.3) is 0 Å². The van der Waals surface area contributed by atoms with Crippen molar-refractivity contribution in [3.05, 3.63) is 51.5 Å². The number of aliphatic imine (C=N–C) groups is 1. The number of guanidine groups is 1. The maximum Gasteiger partial charge on any atom is 0.191 e. The van der Waals surface area contributed by atoms with E-state index in [4.69, 9.17) is 0 Å². The molecule has 0 amide bonds. The molecule has 1 aromatic heterocycles. The lowest BCUT2D eigenvalue weighted by Gasteiger charge is -2.19. The first-order chi connectivity index (χ1) is 11.6. The van der Waals surface area contributed by atoms with E-state index < -0.39 is 0 Å². The maximum absolute atomic E-state index is 4.59. The molecular weight excluding hydrogens is 443 g/mol. The summed E-state index contributed by atoms with van der Waals surface area (Å²) >= 11 is 1.79. The zero-order valence-corrected chi connectivity index (χ0v) is 18.3. The number of nitrogens with zero attached hydrogens (tertiary/aromatic N) is 2. The quantitative estimate of drug-likeness (QED) is 0.384. The van der Waals surface area contributed by atoms with Crippen LogP contribution in [-0.4, -0.2) is 31.1 Å². The summed E-state index contributed by atoms with van der Waals surface area (Å²) in [7, 11) is 1.83. The molecular formula is C19H27IN4S. The van der Waals surface area contributed by atoms with E-state index in [1.54, 1.807) is 11.3 Å². The number of nitrogens with one attached hydrogen (secondary N) is 2. The van der Waals surface area contributed by atoms with Crippen LogP contribution in [0.3, 0.4) is 0 Å². The number of thiazole rings is 1. The van der Waals surface area contributed by atoms with Crippen molar-refractivity contribution in [2.45, 2.75) is 38.5 Å². The van der Waals surface area contributed by atoms with E-state index in [1.165, 1.54) is 28.3 Å². The van der Waals surface area contributed by atoms with Gasteiger partial charge in [0.15, 0.2) is 5.96 Å². The lowest BCUT2D eigenvalue weighted by atomic mass is 9.96. The molecule has 1 heterocycles. The molecule has 0 spiro atoms. The minimum absolute atomic E-state index is 0. The Bertz CT molecular complexity index is 688.